The minimum absolute atomic E-state index is 0.121. The molecule has 1 aliphatic rings. The molecule has 0 aromatic heterocycles. The van der Waals surface area contributed by atoms with Gasteiger partial charge in [-0.05, 0) is 43.8 Å². The maximum Gasteiger partial charge on any atom is 0.234 e. The second-order valence-corrected chi connectivity index (χ2v) is 6.17. The first-order chi connectivity index (χ1) is 10.7. The Kier molecular flexibility index (Phi) is 6.87. The summed E-state index contributed by atoms with van der Waals surface area (Å²) in [4.78, 5) is 14.0. The number of nitrogens with one attached hydrogen (secondary N) is 1. The average molecular weight is 304 g/mol. The second-order valence-electron chi connectivity index (χ2n) is 6.17. The predicted molar refractivity (Wildman–Crippen MR) is 88.5 cm³/mol. The molecule has 1 atom stereocenters. The normalized spacial score (nSPS) is 18.1. The summed E-state index contributed by atoms with van der Waals surface area (Å²) in [6.07, 6.45) is 3.64. The van der Waals surface area contributed by atoms with Gasteiger partial charge in [-0.1, -0.05) is 43.7 Å². The van der Waals surface area contributed by atoms with Crippen LogP contribution >= 0.6 is 0 Å². The van der Waals surface area contributed by atoms with Gasteiger partial charge in [0.15, 0.2) is 0 Å². The Bertz CT molecular complexity index is 442. The van der Waals surface area contributed by atoms with Crippen molar-refractivity contribution in [2.75, 3.05) is 26.2 Å². The maximum absolute atomic E-state index is 11.8. The molecule has 1 amide bonds. The number of rotatable bonds is 7. The van der Waals surface area contributed by atoms with Crippen LogP contribution in [0, 0.1) is 5.92 Å². The summed E-state index contributed by atoms with van der Waals surface area (Å²) in [6.45, 7) is 5.15. The van der Waals surface area contributed by atoms with Crippen molar-refractivity contribution in [3.8, 4) is 0 Å². The van der Waals surface area contributed by atoms with E-state index in [0.717, 1.165) is 50.9 Å². The van der Waals surface area contributed by atoms with Gasteiger partial charge in [0, 0.05) is 6.54 Å². The van der Waals surface area contributed by atoms with E-state index in [-0.39, 0.29) is 12.0 Å². The monoisotopic (exact) mass is 304 g/mol. The van der Waals surface area contributed by atoms with Crippen LogP contribution in [-0.4, -0.2) is 42.1 Å². The highest BCUT2D eigenvalue weighted by atomic mass is 16.3. The van der Waals surface area contributed by atoms with Crippen LogP contribution in [0.3, 0.4) is 0 Å². The SMILES string of the molecule is CCCCNC(=O)CN1CCC(C(O)c2ccccc2)CC1. The quantitative estimate of drug-likeness (QED) is 0.760. The number of amides is 1. The average Bonchev–Trinajstić information content (AvgIpc) is 2.56. The third kappa shape index (κ3) is 5.11. The highest BCUT2D eigenvalue weighted by Crippen LogP contribution is 2.30. The van der Waals surface area contributed by atoms with Crippen LogP contribution in [0.25, 0.3) is 0 Å². The van der Waals surface area contributed by atoms with Gasteiger partial charge in [-0.25, -0.2) is 0 Å². The number of unbranched alkanes of at least 4 members (excludes halogenated alkanes) is 1. The molecule has 1 heterocycles. The lowest BCUT2D eigenvalue weighted by atomic mass is 9.87. The van der Waals surface area contributed by atoms with Gasteiger partial charge in [-0.3, -0.25) is 9.69 Å². The first-order valence-corrected chi connectivity index (χ1v) is 8.42. The van der Waals surface area contributed by atoms with E-state index in [1.807, 2.05) is 30.3 Å². The van der Waals surface area contributed by atoms with Gasteiger partial charge < -0.3 is 10.4 Å². The van der Waals surface area contributed by atoms with E-state index in [0.29, 0.717) is 12.5 Å². The molecule has 4 heteroatoms. The van der Waals surface area contributed by atoms with Crippen LogP contribution in [0.1, 0.15) is 44.3 Å². The van der Waals surface area contributed by atoms with E-state index >= 15 is 0 Å². The van der Waals surface area contributed by atoms with Crippen molar-refractivity contribution in [1.29, 1.82) is 0 Å². The third-order valence-electron chi connectivity index (χ3n) is 4.44. The first kappa shape index (κ1) is 17.0. The molecule has 0 radical (unpaired) electrons. The van der Waals surface area contributed by atoms with Gasteiger partial charge in [0.05, 0.1) is 12.6 Å². The summed E-state index contributed by atoms with van der Waals surface area (Å²) in [7, 11) is 0. The summed E-state index contributed by atoms with van der Waals surface area (Å²) in [6, 6.07) is 9.87. The van der Waals surface area contributed by atoms with Gasteiger partial charge in [-0.2, -0.15) is 0 Å². The molecule has 1 aromatic carbocycles. The molecular formula is C18H28N2O2. The Balaban J connectivity index is 1.72. The molecule has 2 N–H and O–H groups in total. The van der Waals surface area contributed by atoms with Crippen molar-refractivity contribution in [3.05, 3.63) is 35.9 Å². The van der Waals surface area contributed by atoms with E-state index in [1.165, 1.54) is 0 Å². The molecule has 22 heavy (non-hydrogen) atoms. The van der Waals surface area contributed by atoms with Crippen molar-refractivity contribution < 1.29 is 9.90 Å². The Morgan fingerprint density at radius 3 is 2.64 bits per heavy atom. The molecule has 1 saturated heterocycles. The fraction of sp³-hybridized carbons (Fsp3) is 0.611. The Hall–Kier alpha value is -1.39. The molecular weight excluding hydrogens is 276 g/mol. The Labute approximate surface area is 133 Å². The zero-order valence-corrected chi connectivity index (χ0v) is 13.5. The Morgan fingerprint density at radius 2 is 2.00 bits per heavy atom. The van der Waals surface area contributed by atoms with E-state index in [4.69, 9.17) is 0 Å². The molecule has 1 aliphatic heterocycles. The lowest BCUT2D eigenvalue weighted by Gasteiger charge is -2.34. The van der Waals surface area contributed by atoms with E-state index in [2.05, 4.69) is 17.1 Å². The number of likely N-dealkylation sites (tertiary alicyclic amines) is 1. The van der Waals surface area contributed by atoms with Crippen LogP contribution < -0.4 is 5.32 Å². The summed E-state index contributed by atoms with van der Waals surface area (Å²) >= 11 is 0. The van der Waals surface area contributed by atoms with Crippen LogP contribution in [0.4, 0.5) is 0 Å². The number of carbonyl (C=O) groups is 1. The standard InChI is InChI=1S/C18H28N2O2/c1-2-3-11-19-17(21)14-20-12-9-16(10-13-20)18(22)15-7-5-4-6-8-15/h4-8,16,18,22H,2-3,9-14H2,1H3,(H,19,21). The summed E-state index contributed by atoms with van der Waals surface area (Å²) in [5.41, 5.74) is 0.998. The fourth-order valence-electron chi connectivity index (χ4n) is 3.01. The number of aliphatic hydroxyl groups is 1. The number of carbonyl (C=O) groups excluding carboxylic acids is 1. The molecule has 122 valence electrons. The van der Waals surface area contributed by atoms with E-state index in [9.17, 15) is 9.90 Å². The largest absolute Gasteiger partial charge is 0.388 e. The summed E-state index contributed by atoms with van der Waals surface area (Å²) in [5, 5.41) is 13.4. The Morgan fingerprint density at radius 1 is 1.32 bits per heavy atom. The smallest absolute Gasteiger partial charge is 0.234 e. The molecule has 1 fully saturated rings. The molecule has 0 saturated carbocycles. The van der Waals surface area contributed by atoms with Crippen molar-refractivity contribution in [2.45, 2.75) is 38.7 Å². The van der Waals surface area contributed by atoms with Gasteiger partial charge in [0.2, 0.25) is 5.91 Å². The third-order valence-corrected chi connectivity index (χ3v) is 4.44. The van der Waals surface area contributed by atoms with E-state index in [1.54, 1.807) is 0 Å². The minimum Gasteiger partial charge on any atom is -0.388 e. The van der Waals surface area contributed by atoms with E-state index < -0.39 is 0 Å². The van der Waals surface area contributed by atoms with Gasteiger partial charge in [0.25, 0.3) is 0 Å². The molecule has 2 rings (SSSR count). The van der Waals surface area contributed by atoms with Crippen LogP contribution in [0.5, 0.6) is 0 Å². The van der Waals surface area contributed by atoms with Crippen molar-refractivity contribution in [2.24, 2.45) is 5.92 Å². The zero-order valence-electron chi connectivity index (χ0n) is 13.5. The van der Waals surface area contributed by atoms with Gasteiger partial charge in [0.1, 0.15) is 0 Å². The highest BCUT2D eigenvalue weighted by molar-refractivity contribution is 5.77. The lowest BCUT2D eigenvalue weighted by Crippen LogP contribution is -2.42. The van der Waals surface area contributed by atoms with Gasteiger partial charge >= 0.3 is 0 Å². The minimum atomic E-state index is -0.387. The molecule has 0 bridgehead atoms. The predicted octanol–water partition coefficient (Wildman–Crippen LogP) is 2.35. The highest BCUT2D eigenvalue weighted by Gasteiger charge is 2.26. The molecule has 0 spiro atoms. The molecule has 4 nitrogen and oxygen atoms in total. The number of aliphatic hydroxyl groups excluding tert-OH is 1. The van der Waals surface area contributed by atoms with Crippen LogP contribution in [0.15, 0.2) is 30.3 Å². The number of nitrogens with zero attached hydrogens (tertiary/aromatic N) is 1. The molecule has 1 aromatic rings. The van der Waals surface area contributed by atoms with Crippen LogP contribution in [0.2, 0.25) is 0 Å². The number of hydrogen-bond acceptors (Lipinski definition) is 3. The number of piperidine rings is 1. The molecule has 1 unspecified atom stereocenters. The van der Waals surface area contributed by atoms with Crippen molar-refractivity contribution in [1.82, 2.24) is 10.2 Å². The van der Waals surface area contributed by atoms with Crippen molar-refractivity contribution in [3.63, 3.8) is 0 Å². The van der Waals surface area contributed by atoms with Crippen molar-refractivity contribution >= 4 is 5.91 Å². The lowest BCUT2D eigenvalue weighted by molar-refractivity contribution is -0.122. The fourth-order valence-corrected chi connectivity index (χ4v) is 3.01. The maximum atomic E-state index is 11.8. The zero-order chi connectivity index (χ0) is 15.8. The first-order valence-electron chi connectivity index (χ1n) is 8.42. The second kappa shape index (κ2) is 8.91. The van der Waals surface area contributed by atoms with Crippen LogP contribution in [-0.2, 0) is 4.79 Å². The number of hydrogen-bond donors (Lipinski definition) is 2. The van der Waals surface area contributed by atoms with Gasteiger partial charge in [-0.15, -0.1) is 0 Å². The summed E-state index contributed by atoms with van der Waals surface area (Å²) < 4.78 is 0. The summed E-state index contributed by atoms with van der Waals surface area (Å²) in [5.74, 6) is 0.414. The molecule has 0 aliphatic carbocycles. The topological polar surface area (TPSA) is 52.6 Å². The number of benzene rings is 1.